The van der Waals surface area contributed by atoms with Crippen LogP contribution in [-0.2, 0) is 4.74 Å². The number of ether oxygens (including phenoxy) is 3. The number of amides is 1. The molecule has 0 bridgehead atoms. The lowest BCUT2D eigenvalue weighted by Gasteiger charge is -2.33. The lowest BCUT2D eigenvalue weighted by molar-refractivity contribution is 0.0482. The van der Waals surface area contributed by atoms with Crippen molar-refractivity contribution in [2.45, 2.75) is 38.8 Å². The van der Waals surface area contributed by atoms with E-state index in [0.717, 1.165) is 6.07 Å². The number of carbonyl (C=O) groups excluding carboxylic acids is 1. The molecule has 1 aliphatic carbocycles. The average molecular weight is 517 g/mol. The number of alkyl carbamates (subject to hydrolysis) is 1. The van der Waals surface area contributed by atoms with E-state index in [4.69, 9.17) is 14.6 Å². The topological polar surface area (TPSA) is 123 Å². The Morgan fingerprint density at radius 3 is 2.73 bits per heavy atom. The molecule has 2 aliphatic heterocycles. The van der Waals surface area contributed by atoms with Crippen molar-refractivity contribution < 1.29 is 33.3 Å². The maximum absolute atomic E-state index is 15.7. The van der Waals surface area contributed by atoms with Gasteiger partial charge in [0.25, 0.3) is 0 Å². The summed E-state index contributed by atoms with van der Waals surface area (Å²) in [5.41, 5.74) is -0.831. The molecule has 11 nitrogen and oxygen atoms in total. The van der Waals surface area contributed by atoms with E-state index in [1.54, 1.807) is 32.8 Å². The molecule has 3 heterocycles. The fraction of sp³-hybridized carbons (Fsp3) is 0.480. The number of carboxylic acid groups (broad SMARTS) is 1. The lowest BCUT2D eigenvalue weighted by Crippen LogP contribution is -2.46. The second-order valence-electron chi connectivity index (χ2n) is 10.5. The minimum absolute atomic E-state index is 0.0135. The fourth-order valence-electron chi connectivity index (χ4n) is 5.33. The normalized spacial score (nSPS) is 22.5. The van der Waals surface area contributed by atoms with Crippen LogP contribution < -0.4 is 30.1 Å². The number of benzene rings is 1. The van der Waals surface area contributed by atoms with Gasteiger partial charge < -0.3 is 29.5 Å². The highest BCUT2D eigenvalue weighted by molar-refractivity contribution is 5.93. The molecule has 0 spiro atoms. The van der Waals surface area contributed by atoms with Crippen LogP contribution in [0.3, 0.4) is 0 Å². The Kier molecular flexibility index (Phi) is 5.92. The van der Waals surface area contributed by atoms with E-state index in [-0.39, 0.29) is 41.4 Å². The van der Waals surface area contributed by atoms with Gasteiger partial charge in [0, 0.05) is 38.0 Å². The van der Waals surface area contributed by atoms with E-state index in [0.29, 0.717) is 25.0 Å². The Balaban J connectivity index is 1.51. The summed E-state index contributed by atoms with van der Waals surface area (Å²) in [6, 6.07) is 0.911. The van der Waals surface area contributed by atoms with Crippen molar-refractivity contribution in [2.75, 3.05) is 36.8 Å². The number of anilines is 1. The van der Waals surface area contributed by atoms with Crippen LogP contribution in [0.2, 0.25) is 0 Å². The minimum atomic E-state index is -1.64. The SMILES string of the molecule is CN1COc2c(N3CC4C=CCC(NC(=O)OC(C)(C)C)C4C3)c(F)cc3c(=O)c(OC(=O)O)cn1c23. The summed E-state index contributed by atoms with van der Waals surface area (Å²) in [6.07, 6.45) is 3.86. The molecule has 37 heavy (non-hydrogen) atoms. The van der Waals surface area contributed by atoms with Crippen LogP contribution in [0.5, 0.6) is 11.5 Å². The smallest absolute Gasteiger partial charge is 0.467 e. The van der Waals surface area contributed by atoms with E-state index in [1.165, 1.54) is 10.9 Å². The molecule has 2 aromatic rings. The van der Waals surface area contributed by atoms with Gasteiger partial charge in [0.05, 0.1) is 11.6 Å². The lowest BCUT2D eigenvalue weighted by atomic mass is 9.83. The van der Waals surface area contributed by atoms with Crippen molar-refractivity contribution in [3.05, 3.63) is 40.5 Å². The van der Waals surface area contributed by atoms with Gasteiger partial charge in [-0.3, -0.25) is 14.5 Å². The number of pyridine rings is 1. The molecule has 1 aromatic heterocycles. The number of nitrogens with zero attached hydrogens (tertiary/aromatic N) is 3. The molecule has 1 fully saturated rings. The number of carbonyl (C=O) groups is 2. The van der Waals surface area contributed by atoms with Gasteiger partial charge in [0.1, 0.15) is 16.8 Å². The third-order valence-corrected chi connectivity index (χ3v) is 6.80. The molecular weight excluding hydrogens is 487 g/mol. The first kappa shape index (κ1) is 24.7. The zero-order valence-electron chi connectivity index (χ0n) is 21.0. The molecule has 0 radical (unpaired) electrons. The first-order valence-electron chi connectivity index (χ1n) is 12.0. The van der Waals surface area contributed by atoms with Crippen molar-refractivity contribution >= 4 is 28.8 Å². The molecular formula is C25H29FN4O7. The average Bonchev–Trinajstić information content (AvgIpc) is 3.22. The molecule has 1 aromatic carbocycles. The molecule has 2 N–H and O–H groups in total. The fourth-order valence-corrected chi connectivity index (χ4v) is 5.33. The molecule has 198 valence electrons. The second-order valence-corrected chi connectivity index (χ2v) is 10.5. The number of rotatable bonds is 3. The van der Waals surface area contributed by atoms with Crippen molar-refractivity contribution in [1.82, 2.24) is 9.99 Å². The largest absolute Gasteiger partial charge is 0.511 e. The first-order valence-corrected chi connectivity index (χ1v) is 12.0. The van der Waals surface area contributed by atoms with Gasteiger partial charge in [-0.15, -0.1) is 0 Å². The highest BCUT2D eigenvalue weighted by Crippen LogP contribution is 2.44. The monoisotopic (exact) mass is 516 g/mol. The van der Waals surface area contributed by atoms with Crippen LogP contribution in [-0.4, -0.2) is 60.5 Å². The van der Waals surface area contributed by atoms with Gasteiger partial charge in [-0.25, -0.2) is 14.0 Å². The van der Waals surface area contributed by atoms with E-state index in [9.17, 15) is 14.4 Å². The van der Waals surface area contributed by atoms with E-state index in [1.807, 2.05) is 11.0 Å². The molecule has 0 saturated carbocycles. The van der Waals surface area contributed by atoms with Crippen molar-refractivity contribution in [3.8, 4) is 11.5 Å². The molecule has 5 rings (SSSR count). The number of hydrogen-bond acceptors (Lipinski definition) is 8. The van der Waals surface area contributed by atoms with Gasteiger partial charge in [0.15, 0.2) is 18.3 Å². The molecule has 3 unspecified atom stereocenters. The molecule has 12 heteroatoms. The standard InChI is InChI=1S/C25H29FN4O7/c1-25(2,3)37-23(32)27-17-7-5-6-13-9-29(10-15(13)17)20-16(26)8-14-19-22(20)35-12-28(4)30(19)11-18(21(14)31)36-24(33)34/h5-6,8,11,13,15,17H,7,9-10,12H2,1-4H3,(H,27,32)(H,33,34). The van der Waals surface area contributed by atoms with Crippen LogP contribution in [0.15, 0.2) is 29.2 Å². The molecule has 1 amide bonds. The summed E-state index contributed by atoms with van der Waals surface area (Å²) in [5.74, 6) is -0.815. The molecule has 3 atom stereocenters. The Morgan fingerprint density at radius 2 is 2.03 bits per heavy atom. The summed E-state index contributed by atoms with van der Waals surface area (Å²) >= 11 is 0. The van der Waals surface area contributed by atoms with Crippen molar-refractivity contribution in [3.63, 3.8) is 0 Å². The summed E-state index contributed by atoms with van der Waals surface area (Å²) < 4.78 is 33.2. The second kappa shape index (κ2) is 8.86. The number of nitrogens with one attached hydrogen (secondary N) is 1. The third-order valence-electron chi connectivity index (χ3n) is 6.80. The zero-order chi connectivity index (χ0) is 26.6. The highest BCUT2D eigenvalue weighted by Gasteiger charge is 2.42. The zero-order valence-corrected chi connectivity index (χ0v) is 21.0. The van der Waals surface area contributed by atoms with Gasteiger partial charge in [-0.2, -0.15) is 0 Å². The van der Waals surface area contributed by atoms with Gasteiger partial charge in [-0.1, -0.05) is 12.2 Å². The maximum Gasteiger partial charge on any atom is 0.511 e. The van der Waals surface area contributed by atoms with E-state index in [2.05, 4.69) is 16.1 Å². The van der Waals surface area contributed by atoms with Crippen LogP contribution in [0.1, 0.15) is 27.2 Å². The van der Waals surface area contributed by atoms with Crippen molar-refractivity contribution in [1.29, 1.82) is 0 Å². The van der Waals surface area contributed by atoms with Crippen LogP contribution in [0.25, 0.3) is 10.9 Å². The highest BCUT2D eigenvalue weighted by atomic mass is 19.1. The Hall–Kier alpha value is -3.96. The van der Waals surface area contributed by atoms with E-state index >= 15 is 4.39 Å². The number of hydrogen-bond donors (Lipinski definition) is 2. The summed E-state index contributed by atoms with van der Waals surface area (Å²) in [6.45, 7) is 6.39. The summed E-state index contributed by atoms with van der Waals surface area (Å²) in [5, 5.41) is 13.5. The number of fused-ring (bicyclic) bond motifs is 1. The Morgan fingerprint density at radius 1 is 1.27 bits per heavy atom. The van der Waals surface area contributed by atoms with Crippen LogP contribution in [0.4, 0.5) is 19.7 Å². The van der Waals surface area contributed by atoms with E-state index < -0.39 is 34.8 Å². The predicted molar refractivity (Wildman–Crippen MR) is 133 cm³/mol. The summed E-state index contributed by atoms with van der Waals surface area (Å²) in [4.78, 5) is 38.3. The number of halogens is 1. The van der Waals surface area contributed by atoms with Gasteiger partial charge in [0.2, 0.25) is 11.2 Å². The molecule has 1 saturated heterocycles. The predicted octanol–water partition coefficient (Wildman–Crippen LogP) is 3.02. The number of aromatic nitrogens is 1. The van der Waals surface area contributed by atoms with Crippen molar-refractivity contribution in [2.24, 2.45) is 11.8 Å². The first-order chi connectivity index (χ1) is 17.4. The minimum Gasteiger partial charge on any atom is -0.467 e. The van der Waals surface area contributed by atoms with Gasteiger partial charge >= 0.3 is 12.2 Å². The van der Waals surface area contributed by atoms with Crippen LogP contribution in [0, 0.1) is 17.7 Å². The molecule has 3 aliphatic rings. The van der Waals surface area contributed by atoms with Crippen LogP contribution >= 0.6 is 0 Å². The van der Waals surface area contributed by atoms with Gasteiger partial charge in [-0.05, 0) is 33.3 Å². The maximum atomic E-state index is 15.7. The third kappa shape index (κ3) is 4.51. The Labute approximate surface area is 211 Å². The Bertz CT molecular complexity index is 1370. The summed E-state index contributed by atoms with van der Waals surface area (Å²) in [7, 11) is 1.68. The quantitative estimate of drug-likeness (QED) is 0.468.